The number of hydrogen-bond acceptors (Lipinski definition) is 6. The van der Waals surface area contributed by atoms with Crippen LogP contribution in [0.1, 0.15) is 11.1 Å². The summed E-state index contributed by atoms with van der Waals surface area (Å²) in [4.78, 5) is 5.11. The Morgan fingerprint density at radius 2 is 0.962 bits per heavy atom. The topological polar surface area (TPSA) is 54.6 Å². The average Bonchev–Trinajstić information content (AvgIpc) is 2.86. The van der Waals surface area contributed by atoms with Gasteiger partial charge in [-0.1, -0.05) is 24.3 Å². The van der Waals surface area contributed by atoms with Gasteiger partial charge in [0.2, 0.25) is 0 Å². The molecule has 1 aromatic carbocycles. The molecule has 26 heavy (non-hydrogen) atoms. The first kappa shape index (κ1) is 19.7. The van der Waals surface area contributed by atoms with E-state index >= 15 is 0 Å². The highest BCUT2D eigenvalue weighted by atomic mass is 15.2. The molecule has 146 valence electrons. The number of nitrogens with one attached hydrogen (secondary N) is 4. The van der Waals surface area contributed by atoms with E-state index in [1.54, 1.807) is 0 Å². The summed E-state index contributed by atoms with van der Waals surface area (Å²) in [6.07, 6.45) is 0. The van der Waals surface area contributed by atoms with E-state index in [9.17, 15) is 0 Å². The standard InChI is InChI=1S/C20H36N6/c1-2-19(17-25-12-8-21-4-5-22-9-13-25)16-20(3-1)18-26-14-10-23-6-7-24-11-15-26/h1-3,16,21-24H,4-15,17-18H2. The van der Waals surface area contributed by atoms with Crippen LogP contribution < -0.4 is 21.3 Å². The maximum absolute atomic E-state index is 3.50. The van der Waals surface area contributed by atoms with Crippen molar-refractivity contribution < 1.29 is 0 Å². The Hall–Kier alpha value is -1.02. The first-order valence-corrected chi connectivity index (χ1v) is 10.3. The second-order valence-electron chi connectivity index (χ2n) is 7.37. The Balaban J connectivity index is 1.54. The lowest BCUT2D eigenvalue weighted by atomic mass is 10.1. The fourth-order valence-electron chi connectivity index (χ4n) is 3.68. The van der Waals surface area contributed by atoms with Crippen LogP contribution >= 0.6 is 0 Å². The molecule has 2 heterocycles. The molecule has 0 aliphatic carbocycles. The molecule has 0 spiro atoms. The molecule has 2 aliphatic heterocycles. The molecule has 0 saturated carbocycles. The lowest BCUT2D eigenvalue weighted by Crippen LogP contribution is -2.34. The summed E-state index contributed by atoms with van der Waals surface area (Å²) in [5.41, 5.74) is 2.87. The van der Waals surface area contributed by atoms with Gasteiger partial charge < -0.3 is 21.3 Å². The van der Waals surface area contributed by atoms with Crippen LogP contribution in [0.25, 0.3) is 0 Å². The van der Waals surface area contributed by atoms with Crippen molar-refractivity contribution in [2.24, 2.45) is 0 Å². The predicted molar refractivity (Wildman–Crippen MR) is 108 cm³/mol. The van der Waals surface area contributed by atoms with Gasteiger partial charge in [-0.15, -0.1) is 0 Å². The molecule has 6 heteroatoms. The smallest absolute Gasteiger partial charge is 0.0234 e. The Labute approximate surface area is 158 Å². The Morgan fingerprint density at radius 1 is 0.577 bits per heavy atom. The van der Waals surface area contributed by atoms with E-state index in [1.165, 1.54) is 11.1 Å². The molecule has 0 bridgehead atoms. The fraction of sp³-hybridized carbons (Fsp3) is 0.700. The van der Waals surface area contributed by atoms with E-state index in [0.717, 1.165) is 91.6 Å². The summed E-state index contributed by atoms with van der Waals surface area (Å²) in [5.74, 6) is 0. The zero-order valence-electron chi connectivity index (χ0n) is 16.1. The van der Waals surface area contributed by atoms with Gasteiger partial charge in [-0.3, -0.25) is 9.80 Å². The van der Waals surface area contributed by atoms with Gasteiger partial charge in [0.05, 0.1) is 0 Å². The zero-order valence-corrected chi connectivity index (χ0v) is 16.1. The van der Waals surface area contributed by atoms with Gasteiger partial charge in [-0.2, -0.15) is 0 Å². The lowest BCUT2D eigenvalue weighted by Gasteiger charge is -2.23. The maximum Gasteiger partial charge on any atom is 0.0234 e. The van der Waals surface area contributed by atoms with Gasteiger partial charge in [0, 0.05) is 91.6 Å². The Morgan fingerprint density at radius 3 is 1.35 bits per heavy atom. The van der Waals surface area contributed by atoms with Crippen LogP contribution in [0.2, 0.25) is 0 Å². The minimum atomic E-state index is 1.04. The number of rotatable bonds is 4. The first-order chi connectivity index (χ1) is 12.9. The van der Waals surface area contributed by atoms with E-state index in [0.29, 0.717) is 0 Å². The molecule has 0 amide bonds. The van der Waals surface area contributed by atoms with Crippen molar-refractivity contribution in [1.82, 2.24) is 31.1 Å². The maximum atomic E-state index is 3.50. The van der Waals surface area contributed by atoms with Crippen LogP contribution in [0.4, 0.5) is 0 Å². The number of nitrogens with zero attached hydrogens (tertiary/aromatic N) is 2. The number of hydrogen-bond donors (Lipinski definition) is 4. The molecule has 2 saturated heterocycles. The van der Waals surface area contributed by atoms with Crippen molar-refractivity contribution in [3.05, 3.63) is 35.4 Å². The normalized spacial score (nSPS) is 22.5. The number of benzene rings is 1. The second kappa shape index (κ2) is 11.6. The van der Waals surface area contributed by atoms with Gasteiger partial charge in [0.15, 0.2) is 0 Å². The van der Waals surface area contributed by atoms with Crippen molar-refractivity contribution in [1.29, 1.82) is 0 Å². The lowest BCUT2D eigenvalue weighted by molar-refractivity contribution is 0.268. The molecule has 6 nitrogen and oxygen atoms in total. The summed E-state index contributed by atoms with van der Waals surface area (Å²) in [7, 11) is 0. The average molecular weight is 361 g/mol. The van der Waals surface area contributed by atoms with Crippen molar-refractivity contribution in [2.45, 2.75) is 13.1 Å². The van der Waals surface area contributed by atoms with Crippen molar-refractivity contribution in [3.8, 4) is 0 Å². The third kappa shape index (κ3) is 7.31. The molecule has 1 aromatic rings. The Bertz CT molecular complexity index is 448. The summed E-state index contributed by atoms with van der Waals surface area (Å²) in [6, 6.07) is 9.18. The summed E-state index contributed by atoms with van der Waals surface area (Å²) in [5, 5.41) is 14.0. The second-order valence-corrected chi connectivity index (χ2v) is 7.37. The van der Waals surface area contributed by atoms with Gasteiger partial charge in [-0.05, 0) is 11.1 Å². The molecule has 2 aliphatic rings. The SMILES string of the molecule is c1cc(CN2CCNCCNCC2)cc(CN2CCNCCNCC2)c1. The summed E-state index contributed by atoms with van der Waals surface area (Å²) >= 11 is 0. The van der Waals surface area contributed by atoms with E-state index in [4.69, 9.17) is 0 Å². The highest BCUT2D eigenvalue weighted by Crippen LogP contribution is 2.11. The molecule has 2 fully saturated rings. The quantitative estimate of drug-likeness (QED) is 0.590. The van der Waals surface area contributed by atoms with Gasteiger partial charge in [0.1, 0.15) is 0 Å². The van der Waals surface area contributed by atoms with E-state index in [1.807, 2.05) is 0 Å². The van der Waals surface area contributed by atoms with Gasteiger partial charge >= 0.3 is 0 Å². The highest BCUT2D eigenvalue weighted by Gasteiger charge is 2.10. The monoisotopic (exact) mass is 360 g/mol. The molecule has 4 N–H and O–H groups in total. The molecular weight excluding hydrogens is 324 g/mol. The van der Waals surface area contributed by atoms with Crippen LogP contribution in [0, 0.1) is 0 Å². The van der Waals surface area contributed by atoms with Gasteiger partial charge in [-0.25, -0.2) is 0 Å². The first-order valence-electron chi connectivity index (χ1n) is 10.3. The highest BCUT2D eigenvalue weighted by molar-refractivity contribution is 5.23. The third-order valence-electron chi connectivity index (χ3n) is 5.18. The summed E-state index contributed by atoms with van der Waals surface area (Å²) in [6.45, 7) is 15.2. The van der Waals surface area contributed by atoms with E-state index in [-0.39, 0.29) is 0 Å². The molecule has 3 rings (SSSR count). The fourth-order valence-corrected chi connectivity index (χ4v) is 3.68. The van der Waals surface area contributed by atoms with Crippen LogP contribution in [-0.2, 0) is 13.1 Å². The minimum Gasteiger partial charge on any atom is -0.314 e. The molecule has 0 atom stereocenters. The van der Waals surface area contributed by atoms with Crippen LogP contribution in [-0.4, -0.2) is 88.3 Å². The van der Waals surface area contributed by atoms with E-state index < -0.39 is 0 Å². The van der Waals surface area contributed by atoms with Crippen LogP contribution in [0.15, 0.2) is 24.3 Å². The molecule has 0 unspecified atom stereocenters. The third-order valence-corrected chi connectivity index (χ3v) is 5.18. The predicted octanol–water partition coefficient (Wildman–Crippen LogP) is -0.324. The van der Waals surface area contributed by atoms with Crippen molar-refractivity contribution >= 4 is 0 Å². The van der Waals surface area contributed by atoms with Gasteiger partial charge in [0.25, 0.3) is 0 Å². The largest absolute Gasteiger partial charge is 0.314 e. The molecule has 0 aromatic heterocycles. The van der Waals surface area contributed by atoms with Crippen molar-refractivity contribution in [3.63, 3.8) is 0 Å². The summed E-state index contributed by atoms with van der Waals surface area (Å²) < 4.78 is 0. The zero-order chi connectivity index (χ0) is 17.9. The van der Waals surface area contributed by atoms with Crippen LogP contribution in [0.5, 0.6) is 0 Å². The molecule has 0 radical (unpaired) electrons. The van der Waals surface area contributed by atoms with E-state index in [2.05, 4.69) is 55.3 Å². The van der Waals surface area contributed by atoms with Crippen molar-refractivity contribution in [2.75, 3.05) is 78.5 Å². The molecular formula is C20H36N6. The van der Waals surface area contributed by atoms with Crippen LogP contribution in [0.3, 0.4) is 0 Å². The minimum absolute atomic E-state index is 1.04. The Kier molecular flexibility index (Phi) is 8.84.